The highest BCUT2D eigenvalue weighted by atomic mass is 32.2. The average Bonchev–Trinajstić information content (AvgIpc) is 3.35. The van der Waals surface area contributed by atoms with Gasteiger partial charge in [0.15, 0.2) is 15.6 Å². The quantitative estimate of drug-likeness (QED) is 0.440. The fourth-order valence-electron chi connectivity index (χ4n) is 3.41. The topological polar surface area (TPSA) is 80.7 Å². The summed E-state index contributed by atoms with van der Waals surface area (Å²) in [6, 6.07) is 20.2. The zero-order valence-electron chi connectivity index (χ0n) is 16.4. The molecule has 6 nitrogen and oxygen atoms in total. The number of fused-ring (bicyclic) bond motifs is 1. The van der Waals surface area contributed by atoms with Crippen molar-refractivity contribution in [1.82, 2.24) is 4.90 Å². The predicted octanol–water partition coefficient (Wildman–Crippen LogP) is 4.41. The molecule has 2 aromatic carbocycles. The Labute approximate surface area is 174 Å². The average molecular weight is 423 g/mol. The summed E-state index contributed by atoms with van der Waals surface area (Å²) in [7, 11) is -3.38. The van der Waals surface area contributed by atoms with E-state index < -0.39 is 9.84 Å². The zero-order chi connectivity index (χ0) is 21.1. The van der Waals surface area contributed by atoms with Crippen LogP contribution in [-0.4, -0.2) is 25.5 Å². The Morgan fingerprint density at radius 2 is 1.67 bits per heavy atom. The van der Waals surface area contributed by atoms with Gasteiger partial charge in [0.2, 0.25) is 0 Å². The molecule has 0 fully saturated rings. The second kappa shape index (κ2) is 8.20. The normalized spacial score (nSPS) is 11.6. The number of carbonyl (C=O) groups excluding carboxylic acids is 1. The molecule has 0 aliphatic rings. The molecule has 7 heteroatoms. The molecule has 0 atom stereocenters. The Hall–Kier alpha value is -3.32. The Morgan fingerprint density at radius 1 is 0.933 bits per heavy atom. The van der Waals surface area contributed by atoms with E-state index >= 15 is 0 Å². The van der Waals surface area contributed by atoms with Crippen LogP contribution in [0.1, 0.15) is 27.4 Å². The van der Waals surface area contributed by atoms with E-state index in [0.717, 1.165) is 11.8 Å². The van der Waals surface area contributed by atoms with Gasteiger partial charge in [-0.3, -0.25) is 4.79 Å². The van der Waals surface area contributed by atoms with Crippen molar-refractivity contribution in [3.8, 4) is 0 Å². The number of sulfone groups is 1. The van der Waals surface area contributed by atoms with Crippen molar-refractivity contribution in [3.63, 3.8) is 0 Å². The zero-order valence-corrected chi connectivity index (χ0v) is 17.3. The summed E-state index contributed by atoms with van der Waals surface area (Å²) in [5.41, 5.74) is 1.81. The van der Waals surface area contributed by atoms with Gasteiger partial charge in [0.1, 0.15) is 11.3 Å². The standard InChI is InChI=1S/C23H21NO5S/c1-30(26,27)16-20-19-11-5-6-12-21(19)29-22(20)23(25)24(15-18-10-7-13-28-18)14-17-8-3-2-4-9-17/h2-13H,14-16H2,1H3. The van der Waals surface area contributed by atoms with Gasteiger partial charge in [-0.15, -0.1) is 0 Å². The molecule has 0 N–H and O–H groups in total. The molecular weight excluding hydrogens is 402 g/mol. The van der Waals surface area contributed by atoms with E-state index in [4.69, 9.17) is 8.83 Å². The second-order valence-corrected chi connectivity index (χ2v) is 9.34. The maximum absolute atomic E-state index is 13.5. The van der Waals surface area contributed by atoms with Crippen LogP contribution in [0.5, 0.6) is 0 Å². The summed E-state index contributed by atoms with van der Waals surface area (Å²) in [6.45, 7) is 0.561. The van der Waals surface area contributed by atoms with Crippen LogP contribution in [0, 0.1) is 0 Å². The molecule has 0 aliphatic heterocycles. The van der Waals surface area contributed by atoms with Crippen molar-refractivity contribution >= 4 is 26.7 Å². The molecule has 0 saturated carbocycles. The third-order valence-corrected chi connectivity index (χ3v) is 5.54. The van der Waals surface area contributed by atoms with Gasteiger partial charge >= 0.3 is 0 Å². The minimum absolute atomic E-state index is 0.0455. The summed E-state index contributed by atoms with van der Waals surface area (Å²) in [5, 5.41) is 0.629. The monoisotopic (exact) mass is 423 g/mol. The molecule has 0 unspecified atom stereocenters. The van der Waals surface area contributed by atoms with E-state index in [1.54, 1.807) is 47.6 Å². The van der Waals surface area contributed by atoms with E-state index in [0.29, 0.717) is 28.8 Å². The van der Waals surface area contributed by atoms with Gasteiger partial charge < -0.3 is 13.7 Å². The lowest BCUT2D eigenvalue weighted by Crippen LogP contribution is -2.30. The van der Waals surface area contributed by atoms with Gasteiger partial charge in [0, 0.05) is 23.8 Å². The lowest BCUT2D eigenvalue weighted by atomic mass is 10.1. The largest absolute Gasteiger partial charge is 0.467 e. The van der Waals surface area contributed by atoms with Gasteiger partial charge in [-0.1, -0.05) is 48.5 Å². The summed E-state index contributed by atoms with van der Waals surface area (Å²) in [6.07, 6.45) is 2.70. The Bertz CT molecular complexity index is 1260. The van der Waals surface area contributed by atoms with Crippen molar-refractivity contribution in [3.05, 3.63) is 95.6 Å². The highest BCUT2D eigenvalue weighted by molar-refractivity contribution is 7.89. The molecule has 0 spiro atoms. The van der Waals surface area contributed by atoms with Gasteiger partial charge in [0.25, 0.3) is 5.91 Å². The first-order valence-corrected chi connectivity index (χ1v) is 11.5. The fraction of sp³-hybridized carbons (Fsp3) is 0.174. The minimum atomic E-state index is -3.38. The molecule has 2 heterocycles. The van der Waals surface area contributed by atoms with Gasteiger partial charge in [-0.05, 0) is 23.8 Å². The lowest BCUT2D eigenvalue weighted by Gasteiger charge is -2.21. The van der Waals surface area contributed by atoms with Crippen LogP contribution in [0.2, 0.25) is 0 Å². The first kappa shape index (κ1) is 20.0. The fourth-order valence-corrected chi connectivity index (χ4v) is 4.23. The Kier molecular flexibility index (Phi) is 5.46. The first-order chi connectivity index (χ1) is 14.4. The molecule has 4 rings (SSSR count). The highest BCUT2D eigenvalue weighted by Gasteiger charge is 2.27. The van der Waals surface area contributed by atoms with E-state index in [2.05, 4.69) is 0 Å². The Balaban J connectivity index is 1.76. The van der Waals surface area contributed by atoms with Gasteiger partial charge in [0.05, 0.1) is 18.6 Å². The number of nitrogens with zero attached hydrogens (tertiary/aromatic N) is 1. The van der Waals surface area contributed by atoms with Crippen LogP contribution < -0.4 is 0 Å². The van der Waals surface area contributed by atoms with Crippen molar-refractivity contribution in [1.29, 1.82) is 0 Å². The van der Waals surface area contributed by atoms with E-state index in [1.807, 2.05) is 30.3 Å². The SMILES string of the molecule is CS(=O)(=O)Cc1c(C(=O)N(Cc2ccccc2)Cc2ccco2)oc2ccccc12. The summed E-state index contributed by atoms with van der Waals surface area (Å²) in [4.78, 5) is 15.1. The summed E-state index contributed by atoms with van der Waals surface area (Å²) >= 11 is 0. The van der Waals surface area contributed by atoms with Gasteiger partial charge in [-0.2, -0.15) is 0 Å². The second-order valence-electron chi connectivity index (χ2n) is 7.20. The van der Waals surface area contributed by atoms with Crippen molar-refractivity contribution in [2.24, 2.45) is 0 Å². The number of rotatable bonds is 7. The number of carbonyl (C=O) groups is 1. The lowest BCUT2D eigenvalue weighted by molar-refractivity contribution is 0.0686. The van der Waals surface area contributed by atoms with E-state index in [-0.39, 0.29) is 24.0 Å². The molecule has 2 aromatic heterocycles. The summed E-state index contributed by atoms with van der Waals surface area (Å²) < 4.78 is 35.4. The van der Waals surface area contributed by atoms with Crippen LogP contribution in [0.25, 0.3) is 11.0 Å². The third-order valence-electron chi connectivity index (χ3n) is 4.73. The molecule has 4 aromatic rings. The third kappa shape index (κ3) is 4.46. The van der Waals surface area contributed by atoms with Crippen LogP contribution in [0.3, 0.4) is 0 Å². The van der Waals surface area contributed by atoms with Crippen molar-refractivity contribution < 1.29 is 22.0 Å². The molecule has 30 heavy (non-hydrogen) atoms. The number of furan rings is 2. The molecule has 0 saturated heterocycles. The van der Waals surface area contributed by atoms with Crippen LogP contribution in [0.4, 0.5) is 0 Å². The maximum atomic E-state index is 13.5. The smallest absolute Gasteiger partial charge is 0.290 e. The number of para-hydroxylation sites is 1. The predicted molar refractivity (Wildman–Crippen MR) is 113 cm³/mol. The molecule has 1 amide bonds. The maximum Gasteiger partial charge on any atom is 0.290 e. The van der Waals surface area contributed by atoms with E-state index in [1.165, 1.54) is 0 Å². The van der Waals surface area contributed by atoms with Crippen LogP contribution in [-0.2, 0) is 28.7 Å². The summed E-state index contributed by atoms with van der Waals surface area (Å²) in [5.74, 6) is 0.0136. The first-order valence-electron chi connectivity index (χ1n) is 9.44. The molecule has 0 bridgehead atoms. The molecule has 154 valence electrons. The van der Waals surface area contributed by atoms with Crippen LogP contribution >= 0.6 is 0 Å². The number of hydrogen-bond acceptors (Lipinski definition) is 5. The number of benzene rings is 2. The molecule has 0 radical (unpaired) electrons. The minimum Gasteiger partial charge on any atom is -0.467 e. The highest BCUT2D eigenvalue weighted by Crippen LogP contribution is 2.29. The van der Waals surface area contributed by atoms with Crippen molar-refractivity contribution in [2.75, 3.05) is 6.26 Å². The number of hydrogen-bond donors (Lipinski definition) is 0. The van der Waals surface area contributed by atoms with E-state index in [9.17, 15) is 13.2 Å². The molecular formula is C23H21NO5S. The van der Waals surface area contributed by atoms with Crippen molar-refractivity contribution in [2.45, 2.75) is 18.8 Å². The number of amides is 1. The van der Waals surface area contributed by atoms with Crippen LogP contribution in [0.15, 0.2) is 81.8 Å². The Morgan fingerprint density at radius 3 is 2.37 bits per heavy atom. The molecule has 0 aliphatic carbocycles. The van der Waals surface area contributed by atoms with Gasteiger partial charge in [-0.25, -0.2) is 8.42 Å².